The summed E-state index contributed by atoms with van der Waals surface area (Å²) in [5.74, 6) is 1.74. The average Bonchev–Trinajstić information content (AvgIpc) is 2.91. The van der Waals surface area contributed by atoms with Gasteiger partial charge in [-0.05, 0) is 20.3 Å². The molecule has 0 bridgehead atoms. The van der Waals surface area contributed by atoms with Crippen LogP contribution in [0.5, 0.6) is 0 Å². The van der Waals surface area contributed by atoms with Gasteiger partial charge in [-0.25, -0.2) is 9.97 Å². The minimum absolute atomic E-state index is 0.246. The molecule has 116 valence electrons. The van der Waals surface area contributed by atoms with Gasteiger partial charge in [0.15, 0.2) is 11.5 Å². The average molecular weight is 291 g/mol. The van der Waals surface area contributed by atoms with E-state index in [2.05, 4.69) is 27.1 Å². The normalized spacial score (nSPS) is 11.3. The Morgan fingerprint density at radius 3 is 2.95 bits per heavy atom. The Labute approximate surface area is 126 Å². The predicted octanol–water partition coefficient (Wildman–Crippen LogP) is 2.41. The summed E-state index contributed by atoms with van der Waals surface area (Å²) in [4.78, 5) is 11.2. The van der Waals surface area contributed by atoms with Gasteiger partial charge in [0.25, 0.3) is 0 Å². The van der Waals surface area contributed by atoms with Crippen LogP contribution in [0.15, 0.2) is 18.6 Å². The molecule has 0 aliphatic carbocycles. The van der Waals surface area contributed by atoms with E-state index in [1.165, 1.54) is 0 Å². The van der Waals surface area contributed by atoms with Gasteiger partial charge in [-0.2, -0.15) is 0 Å². The third-order valence-electron chi connectivity index (χ3n) is 3.15. The molecular weight excluding hydrogens is 266 g/mol. The van der Waals surface area contributed by atoms with Crippen LogP contribution in [0.4, 0.5) is 11.6 Å². The number of nitrogens with zero attached hydrogens (tertiary/aromatic N) is 4. The highest BCUT2D eigenvalue weighted by Gasteiger charge is 2.12. The number of anilines is 2. The first-order valence-electron chi connectivity index (χ1n) is 7.52. The molecule has 21 heavy (non-hydrogen) atoms. The highest BCUT2D eigenvalue weighted by atomic mass is 16.5. The van der Waals surface area contributed by atoms with Gasteiger partial charge in [-0.1, -0.05) is 6.92 Å². The molecule has 0 aromatic carbocycles. The minimum atomic E-state index is 0.246. The number of rotatable bonds is 8. The molecule has 0 spiro atoms. The summed E-state index contributed by atoms with van der Waals surface area (Å²) in [7, 11) is 2.02. The molecule has 0 saturated heterocycles. The van der Waals surface area contributed by atoms with E-state index >= 15 is 0 Å². The first-order chi connectivity index (χ1) is 10.1. The lowest BCUT2D eigenvalue weighted by atomic mass is 10.4. The van der Waals surface area contributed by atoms with Crippen molar-refractivity contribution in [2.45, 2.75) is 33.3 Å². The molecule has 0 aliphatic heterocycles. The Balaban J connectivity index is 2.17. The maximum atomic E-state index is 5.61. The van der Waals surface area contributed by atoms with Gasteiger partial charge in [0.2, 0.25) is 0 Å². The zero-order valence-electron chi connectivity index (χ0n) is 13.3. The molecule has 0 unspecified atom stereocenters. The van der Waals surface area contributed by atoms with Crippen molar-refractivity contribution >= 4 is 17.3 Å². The van der Waals surface area contributed by atoms with Crippen LogP contribution in [0.1, 0.15) is 27.2 Å². The lowest BCUT2D eigenvalue weighted by Crippen LogP contribution is -2.25. The molecule has 2 aromatic rings. The Kier molecular flexibility index (Phi) is 5.38. The summed E-state index contributed by atoms with van der Waals surface area (Å²) in [6.07, 6.45) is 7.02. The fourth-order valence-electron chi connectivity index (χ4n) is 2.04. The van der Waals surface area contributed by atoms with Crippen molar-refractivity contribution in [1.29, 1.82) is 0 Å². The minimum Gasteiger partial charge on any atom is -0.377 e. The standard InChI is InChI=1S/C15H25N5O/c1-5-6-16-13-11-20-8-7-17-14(20)15(18-13)19(4)9-10-21-12(2)3/h7-8,11-12,16H,5-6,9-10H2,1-4H3. The molecule has 2 aromatic heterocycles. The van der Waals surface area contributed by atoms with E-state index in [-0.39, 0.29) is 6.10 Å². The van der Waals surface area contributed by atoms with Crippen molar-refractivity contribution in [1.82, 2.24) is 14.4 Å². The Hall–Kier alpha value is -1.82. The van der Waals surface area contributed by atoms with Crippen LogP contribution in [0, 0.1) is 0 Å². The lowest BCUT2D eigenvalue weighted by molar-refractivity contribution is 0.0845. The number of hydrogen-bond donors (Lipinski definition) is 1. The van der Waals surface area contributed by atoms with Crippen molar-refractivity contribution in [3.63, 3.8) is 0 Å². The molecule has 0 fully saturated rings. The lowest BCUT2D eigenvalue weighted by Gasteiger charge is -2.20. The second kappa shape index (κ2) is 7.26. The maximum Gasteiger partial charge on any atom is 0.180 e. The monoisotopic (exact) mass is 291 g/mol. The maximum absolute atomic E-state index is 5.61. The summed E-state index contributed by atoms with van der Waals surface area (Å²) in [5.41, 5.74) is 0.865. The number of likely N-dealkylation sites (N-methyl/N-ethyl adjacent to an activating group) is 1. The van der Waals surface area contributed by atoms with Crippen molar-refractivity contribution < 1.29 is 4.74 Å². The van der Waals surface area contributed by atoms with Crippen molar-refractivity contribution in [3.05, 3.63) is 18.6 Å². The molecule has 6 nitrogen and oxygen atoms in total. The zero-order valence-corrected chi connectivity index (χ0v) is 13.3. The van der Waals surface area contributed by atoms with Crippen LogP contribution in [0.25, 0.3) is 5.65 Å². The highest BCUT2D eigenvalue weighted by molar-refractivity contribution is 5.66. The summed E-state index contributed by atoms with van der Waals surface area (Å²) in [6, 6.07) is 0. The largest absolute Gasteiger partial charge is 0.377 e. The molecule has 2 rings (SSSR count). The number of ether oxygens (including phenoxy) is 1. The van der Waals surface area contributed by atoms with E-state index < -0.39 is 0 Å². The summed E-state index contributed by atoms with van der Waals surface area (Å²) < 4.78 is 7.61. The van der Waals surface area contributed by atoms with Gasteiger partial charge < -0.3 is 19.4 Å². The van der Waals surface area contributed by atoms with E-state index in [0.717, 1.165) is 36.8 Å². The van der Waals surface area contributed by atoms with E-state index in [4.69, 9.17) is 4.74 Å². The molecule has 0 radical (unpaired) electrons. The summed E-state index contributed by atoms with van der Waals surface area (Å²) >= 11 is 0. The molecule has 0 saturated carbocycles. The molecule has 1 N–H and O–H groups in total. The number of fused-ring (bicyclic) bond motifs is 1. The van der Waals surface area contributed by atoms with Crippen molar-refractivity contribution in [2.75, 3.05) is 37.0 Å². The Bertz CT molecular complexity index is 566. The van der Waals surface area contributed by atoms with E-state index in [1.54, 1.807) is 6.20 Å². The van der Waals surface area contributed by atoms with Gasteiger partial charge in [0.1, 0.15) is 5.82 Å². The molecular formula is C15H25N5O. The summed E-state index contributed by atoms with van der Waals surface area (Å²) in [6.45, 7) is 8.59. The van der Waals surface area contributed by atoms with Crippen LogP contribution in [0.3, 0.4) is 0 Å². The van der Waals surface area contributed by atoms with Gasteiger partial charge in [0.05, 0.1) is 18.9 Å². The quantitative estimate of drug-likeness (QED) is 0.809. The number of imidazole rings is 1. The number of hydrogen-bond acceptors (Lipinski definition) is 5. The summed E-state index contributed by atoms with van der Waals surface area (Å²) in [5, 5.41) is 3.33. The van der Waals surface area contributed by atoms with Crippen LogP contribution >= 0.6 is 0 Å². The van der Waals surface area contributed by atoms with E-state index in [1.807, 2.05) is 37.7 Å². The smallest absolute Gasteiger partial charge is 0.180 e. The first-order valence-corrected chi connectivity index (χ1v) is 7.52. The van der Waals surface area contributed by atoms with Crippen LogP contribution in [-0.4, -0.2) is 47.2 Å². The fourth-order valence-corrected chi connectivity index (χ4v) is 2.04. The highest BCUT2D eigenvalue weighted by Crippen LogP contribution is 2.19. The first kappa shape index (κ1) is 15.6. The van der Waals surface area contributed by atoms with Crippen LogP contribution < -0.4 is 10.2 Å². The molecule has 2 heterocycles. The van der Waals surface area contributed by atoms with E-state index in [9.17, 15) is 0 Å². The fraction of sp³-hybridized carbons (Fsp3) is 0.600. The van der Waals surface area contributed by atoms with Gasteiger partial charge in [-0.3, -0.25) is 0 Å². The molecule has 0 amide bonds. The molecule has 6 heteroatoms. The van der Waals surface area contributed by atoms with Crippen LogP contribution in [0.2, 0.25) is 0 Å². The second-order valence-corrected chi connectivity index (χ2v) is 5.38. The number of aromatic nitrogens is 3. The second-order valence-electron chi connectivity index (χ2n) is 5.38. The topological polar surface area (TPSA) is 54.7 Å². The van der Waals surface area contributed by atoms with Crippen molar-refractivity contribution in [2.24, 2.45) is 0 Å². The van der Waals surface area contributed by atoms with Gasteiger partial charge in [0, 0.05) is 32.5 Å². The Morgan fingerprint density at radius 1 is 1.43 bits per heavy atom. The third kappa shape index (κ3) is 4.07. The third-order valence-corrected chi connectivity index (χ3v) is 3.15. The predicted molar refractivity (Wildman–Crippen MR) is 86.1 cm³/mol. The van der Waals surface area contributed by atoms with E-state index in [0.29, 0.717) is 6.61 Å². The van der Waals surface area contributed by atoms with Crippen LogP contribution in [-0.2, 0) is 4.74 Å². The SMILES string of the molecule is CCCNc1cn2ccnc2c(N(C)CCOC(C)C)n1. The van der Waals surface area contributed by atoms with Gasteiger partial charge in [-0.15, -0.1) is 0 Å². The van der Waals surface area contributed by atoms with Gasteiger partial charge >= 0.3 is 0 Å². The number of nitrogens with one attached hydrogen (secondary N) is 1. The zero-order chi connectivity index (χ0) is 15.2. The molecule has 0 aliphatic rings. The molecule has 0 atom stereocenters. The van der Waals surface area contributed by atoms with Crippen molar-refractivity contribution in [3.8, 4) is 0 Å². The Morgan fingerprint density at radius 2 is 2.24 bits per heavy atom.